The first-order chi connectivity index (χ1) is 12.0. The molecule has 0 atom stereocenters. The Labute approximate surface area is 141 Å². The third-order valence-corrected chi connectivity index (χ3v) is 4.25. The average molecular weight is 335 g/mol. The summed E-state index contributed by atoms with van der Waals surface area (Å²) in [6.07, 6.45) is 2.53. The molecule has 0 radical (unpaired) electrons. The van der Waals surface area contributed by atoms with E-state index in [9.17, 15) is 20.0 Å². The number of hydrogen-bond donors (Lipinski definition) is 1. The van der Waals surface area contributed by atoms with Crippen molar-refractivity contribution in [2.75, 3.05) is 0 Å². The minimum atomic E-state index is -0.524. The van der Waals surface area contributed by atoms with Crippen LogP contribution in [0.3, 0.4) is 0 Å². The average Bonchev–Trinajstić information content (AvgIpc) is 2.98. The maximum atomic E-state index is 12.7. The summed E-state index contributed by atoms with van der Waals surface area (Å²) in [5.41, 5.74) is 1.75. The number of benzene rings is 2. The van der Waals surface area contributed by atoms with Gasteiger partial charge in [0.2, 0.25) is 0 Å². The minimum Gasteiger partial charge on any atom is -0.508 e. The predicted octanol–water partition coefficient (Wildman–Crippen LogP) is 2.95. The van der Waals surface area contributed by atoms with Crippen LogP contribution in [0.4, 0.5) is 5.69 Å². The Morgan fingerprint density at radius 3 is 2.84 bits per heavy atom. The molecule has 3 aromatic rings. The van der Waals surface area contributed by atoms with Crippen molar-refractivity contribution in [2.45, 2.75) is 13.0 Å². The molecular weight excluding hydrogens is 322 g/mol. The van der Waals surface area contributed by atoms with Crippen LogP contribution in [0.1, 0.15) is 17.8 Å². The van der Waals surface area contributed by atoms with Gasteiger partial charge in [-0.2, -0.15) is 0 Å². The molecule has 2 heterocycles. The lowest BCUT2D eigenvalue weighted by molar-refractivity contribution is -0.384. The van der Waals surface area contributed by atoms with Crippen molar-refractivity contribution >= 4 is 28.2 Å². The van der Waals surface area contributed by atoms with E-state index >= 15 is 0 Å². The SMILES string of the molecule is O=c1c2cc([N+](=O)[O-])ccc2nc2n1CC/C2=C/c1cccc(O)c1. The third-order valence-electron chi connectivity index (χ3n) is 4.25. The van der Waals surface area contributed by atoms with Crippen molar-refractivity contribution in [3.8, 4) is 5.75 Å². The zero-order chi connectivity index (χ0) is 17.6. The largest absolute Gasteiger partial charge is 0.508 e. The summed E-state index contributed by atoms with van der Waals surface area (Å²) >= 11 is 0. The monoisotopic (exact) mass is 335 g/mol. The van der Waals surface area contributed by atoms with E-state index in [0.717, 1.165) is 11.1 Å². The number of phenolic OH excluding ortho intramolecular Hbond substituents is 1. The van der Waals surface area contributed by atoms with Gasteiger partial charge in [-0.25, -0.2) is 4.98 Å². The Balaban J connectivity index is 1.88. The summed E-state index contributed by atoms with van der Waals surface area (Å²) in [6, 6.07) is 11.0. The second kappa shape index (κ2) is 5.55. The number of nitro benzene ring substituents is 1. The molecule has 7 nitrogen and oxygen atoms in total. The van der Waals surface area contributed by atoms with Crippen molar-refractivity contribution < 1.29 is 10.0 Å². The third kappa shape index (κ3) is 2.55. The van der Waals surface area contributed by atoms with E-state index in [0.29, 0.717) is 24.3 Å². The van der Waals surface area contributed by atoms with Gasteiger partial charge in [-0.15, -0.1) is 0 Å². The highest BCUT2D eigenvalue weighted by Crippen LogP contribution is 2.28. The van der Waals surface area contributed by atoms with Crippen molar-refractivity contribution in [1.82, 2.24) is 9.55 Å². The lowest BCUT2D eigenvalue weighted by Crippen LogP contribution is -2.20. The molecule has 0 spiro atoms. The van der Waals surface area contributed by atoms with Gasteiger partial charge < -0.3 is 5.11 Å². The van der Waals surface area contributed by atoms with Gasteiger partial charge in [-0.1, -0.05) is 12.1 Å². The number of rotatable bonds is 2. The zero-order valence-electron chi connectivity index (χ0n) is 13.0. The molecule has 124 valence electrons. The van der Waals surface area contributed by atoms with Crippen LogP contribution in [0, 0.1) is 10.1 Å². The van der Waals surface area contributed by atoms with Crippen molar-refractivity contribution in [1.29, 1.82) is 0 Å². The Morgan fingerprint density at radius 2 is 2.08 bits per heavy atom. The Kier molecular flexibility index (Phi) is 3.35. The van der Waals surface area contributed by atoms with Gasteiger partial charge in [-0.3, -0.25) is 19.5 Å². The van der Waals surface area contributed by atoms with E-state index in [-0.39, 0.29) is 22.4 Å². The topological polar surface area (TPSA) is 98.3 Å². The molecule has 0 saturated heterocycles. The first-order valence-corrected chi connectivity index (χ1v) is 7.72. The quantitative estimate of drug-likeness (QED) is 0.573. The summed E-state index contributed by atoms with van der Waals surface area (Å²) in [7, 11) is 0. The highest BCUT2D eigenvalue weighted by atomic mass is 16.6. The highest BCUT2D eigenvalue weighted by Gasteiger charge is 2.22. The van der Waals surface area contributed by atoms with E-state index in [1.54, 1.807) is 22.8 Å². The number of non-ortho nitro benzene ring substituents is 1. The van der Waals surface area contributed by atoms with Crippen molar-refractivity contribution in [3.63, 3.8) is 0 Å². The van der Waals surface area contributed by atoms with Gasteiger partial charge in [0, 0.05) is 18.7 Å². The Bertz CT molecular complexity index is 1110. The molecule has 25 heavy (non-hydrogen) atoms. The van der Waals surface area contributed by atoms with Crippen LogP contribution in [-0.2, 0) is 6.54 Å². The number of allylic oxidation sites excluding steroid dienone is 1. The first-order valence-electron chi connectivity index (χ1n) is 7.72. The van der Waals surface area contributed by atoms with Gasteiger partial charge in [-0.05, 0) is 41.8 Å². The van der Waals surface area contributed by atoms with Crippen molar-refractivity contribution in [2.24, 2.45) is 0 Å². The molecule has 1 aromatic heterocycles. The van der Waals surface area contributed by atoms with E-state index in [1.807, 2.05) is 12.1 Å². The molecule has 4 rings (SSSR count). The smallest absolute Gasteiger partial charge is 0.270 e. The fraction of sp³-hybridized carbons (Fsp3) is 0.111. The van der Waals surface area contributed by atoms with Crippen LogP contribution in [0.5, 0.6) is 5.75 Å². The molecule has 1 aliphatic rings. The predicted molar refractivity (Wildman–Crippen MR) is 93.3 cm³/mol. The molecule has 2 aromatic carbocycles. The van der Waals surface area contributed by atoms with E-state index < -0.39 is 4.92 Å². The lowest BCUT2D eigenvalue weighted by Gasteiger charge is -2.05. The van der Waals surface area contributed by atoms with Crippen molar-refractivity contribution in [3.05, 3.63) is 74.3 Å². The molecule has 0 unspecified atom stereocenters. The van der Waals surface area contributed by atoms with Crippen LogP contribution in [0.2, 0.25) is 0 Å². The molecule has 1 N–H and O–H groups in total. The van der Waals surface area contributed by atoms with E-state index in [2.05, 4.69) is 4.98 Å². The second-order valence-electron chi connectivity index (χ2n) is 5.87. The Morgan fingerprint density at radius 1 is 1.24 bits per heavy atom. The number of nitrogens with zero attached hydrogens (tertiary/aromatic N) is 3. The van der Waals surface area contributed by atoms with Gasteiger partial charge >= 0.3 is 0 Å². The second-order valence-corrected chi connectivity index (χ2v) is 5.87. The zero-order valence-corrected chi connectivity index (χ0v) is 13.0. The van der Waals surface area contributed by atoms with Crippen LogP contribution in [0.25, 0.3) is 22.6 Å². The molecule has 1 aliphatic heterocycles. The number of hydrogen-bond acceptors (Lipinski definition) is 5. The molecule has 0 bridgehead atoms. The fourth-order valence-electron chi connectivity index (χ4n) is 3.07. The molecule has 0 fully saturated rings. The molecule has 0 aliphatic carbocycles. The summed E-state index contributed by atoms with van der Waals surface area (Å²) in [5, 5.41) is 20.7. The van der Waals surface area contributed by atoms with Gasteiger partial charge in [0.05, 0.1) is 15.8 Å². The fourth-order valence-corrected chi connectivity index (χ4v) is 3.07. The highest BCUT2D eigenvalue weighted by molar-refractivity contribution is 5.85. The maximum Gasteiger partial charge on any atom is 0.270 e. The molecule has 0 amide bonds. The summed E-state index contributed by atoms with van der Waals surface area (Å²) < 4.78 is 1.54. The first kappa shape index (κ1) is 15.1. The number of aromatic nitrogens is 2. The molecule has 7 heteroatoms. The van der Waals surface area contributed by atoms with Crippen LogP contribution < -0.4 is 5.56 Å². The minimum absolute atomic E-state index is 0.125. The van der Waals surface area contributed by atoms with Gasteiger partial charge in [0.15, 0.2) is 0 Å². The van der Waals surface area contributed by atoms with Crippen LogP contribution >= 0.6 is 0 Å². The van der Waals surface area contributed by atoms with Crippen LogP contribution in [-0.4, -0.2) is 19.6 Å². The summed E-state index contributed by atoms with van der Waals surface area (Å²) in [4.78, 5) is 27.6. The normalized spacial score (nSPS) is 14.8. The van der Waals surface area contributed by atoms with E-state index in [4.69, 9.17) is 0 Å². The lowest BCUT2D eigenvalue weighted by atomic mass is 10.1. The van der Waals surface area contributed by atoms with Crippen LogP contribution in [0.15, 0.2) is 47.3 Å². The standard InChI is InChI=1S/C18H13N3O4/c22-14-3-1-2-11(9-14)8-12-6-7-20-17(12)19-16-5-4-13(21(24)25)10-15(16)18(20)23/h1-5,8-10,22H,6-7H2/b12-8-. The summed E-state index contributed by atoms with van der Waals surface area (Å²) in [5.74, 6) is 0.734. The number of phenols is 1. The maximum absolute atomic E-state index is 12.7. The molecule has 0 saturated carbocycles. The van der Waals surface area contributed by atoms with Gasteiger partial charge in [0.1, 0.15) is 11.6 Å². The summed E-state index contributed by atoms with van der Waals surface area (Å²) in [6.45, 7) is 0.477. The number of fused-ring (bicyclic) bond motifs is 2. The van der Waals surface area contributed by atoms with E-state index in [1.165, 1.54) is 18.2 Å². The molecular formula is C18H13N3O4. The van der Waals surface area contributed by atoms with Gasteiger partial charge in [0.25, 0.3) is 11.2 Å². The Hall–Kier alpha value is -3.48. The number of nitro groups is 1. The number of aromatic hydroxyl groups is 1.